The minimum atomic E-state index is -3.58. The van der Waals surface area contributed by atoms with E-state index in [1.807, 2.05) is 6.07 Å². The maximum absolute atomic E-state index is 12.4. The summed E-state index contributed by atoms with van der Waals surface area (Å²) in [4.78, 5) is 23.8. The first-order valence-electron chi connectivity index (χ1n) is 8.31. The van der Waals surface area contributed by atoms with Crippen LogP contribution < -0.4 is 11.1 Å². The molecule has 0 aliphatic rings. The van der Waals surface area contributed by atoms with Crippen molar-refractivity contribution in [1.82, 2.24) is 0 Å². The van der Waals surface area contributed by atoms with Gasteiger partial charge in [0.15, 0.2) is 15.6 Å². The van der Waals surface area contributed by atoms with Gasteiger partial charge in [0.1, 0.15) is 0 Å². The highest BCUT2D eigenvalue weighted by atomic mass is 32.2. The number of ketones is 1. The SMILES string of the molecule is CCC(=O)c1ccc(S(=O)(=O)CCC(N)C(=O)Nc2ccccc2)cc1. The Morgan fingerprint density at radius 3 is 2.23 bits per heavy atom. The molecule has 0 saturated carbocycles. The number of hydrogen-bond acceptors (Lipinski definition) is 5. The minimum absolute atomic E-state index is 0.00333. The predicted octanol–water partition coefficient (Wildman–Crippen LogP) is 2.41. The van der Waals surface area contributed by atoms with Gasteiger partial charge in [-0.1, -0.05) is 37.3 Å². The Morgan fingerprint density at radius 2 is 1.65 bits per heavy atom. The van der Waals surface area contributed by atoms with E-state index in [2.05, 4.69) is 5.32 Å². The van der Waals surface area contributed by atoms with E-state index < -0.39 is 21.8 Å². The molecular weight excluding hydrogens is 352 g/mol. The van der Waals surface area contributed by atoms with E-state index in [9.17, 15) is 18.0 Å². The van der Waals surface area contributed by atoms with Crippen LogP contribution in [-0.2, 0) is 14.6 Å². The number of hydrogen-bond donors (Lipinski definition) is 2. The van der Waals surface area contributed by atoms with Gasteiger partial charge in [-0.3, -0.25) is 9.59 Å². The number of para-hydroxylation sites is 1. The number of rotatable bonds is 8. The Balaban J connectivity index is 1.96. The highest BCUT2D eigenvalue weighted by Crippen LogP contribution is 2.15. The van der Waals surface area contributed by atoms with Gasteiger partial charge >= 0.3 is 0 Å². The van der Waals surface area contributed by atoms with Gasteiger partial charge < -0.3 is 11.1 Å². The molecule has 0 fully saturated rings. The second-order valence-corrected chi connectivity index (χ2v) is 7.98. The van der Waals surface area contributed by atoms with Crippen LogP contribution in [0.2, 0.25) is 0 Å². The van der Waals surface area contributed by atoms with Crippen LogP contribution in [0.4, 0.5) is 5.69 Å². The van der Waals surface area contributed by atoms with Crippen molar-refractivity contribution in [3.05, 3.63) is 60.2 Å². The number of carbonyl (C=O) groups excluding carboxylic acids is 2. The van der Waals surface area contributed by atoms with Crippen molar-refractivity contribution >= 4 is 27.2 Å². The fourth-order valence-electron chi connectivity index (χ4n) is 2.34. The molecule has 6 nitrogen and oxygen atoms in total. The monoisotopic (exact) mass is 374 g/mol. The summed E-state index contributed by atoms with van der Waals surface area (Å²) >= 11 is 0. The van der Waals surface area contributed by atoms with Gasteiger partial charge in [-0.15, -0.1) is 0 Å². The molecular formula is C19H22N2O4S. The third-order valence-electron chi connectivity index (χ3n) is 3.93. The molecule has 2 aromatic carbocycles. The summed E-state index contributed by atoms with van der Waals surface area (Å²) in [7, 11) is -3.58. The van der Waals surface area contributed by atoms with E-state index >= 15 is 0 Å². The van der Waals surface area contributed by atoms with E-state index in [0.717, 1.165) is 0 Å². The van der Waals surface area contributed by atoms with Crippen molar-refractivity contribution in [2.45, 2.75) is 30.7 Å². The Bertz CT molecular complexity index is 862. The zero-order valence-electron chi connectivity index (χ0n) is 14.5. The van der Waals surface area contributed by atoms with Gasteiger partial charge in [-0.2, -0.15) is 0 Å². The lowest BCUT2D eigenvalue weighted by molar-refractivity contribution is -0.117. The lowest BCUT2D eigenvalue weighted by Gasteiger charge is -2.12. The van der Waals surface area contributed by atoms with Crippen LogP contribution in [0.15, 0.2) is 59.5 Å². The van der Waals surface area contributed by atoms with Crippen LogP contribution in [0.3, 0.4) is 0 Å². The number of nitrogens with one attached hydrogen (secondary N) is 1. The van der Waals surface area contributed by atoms with Gasteiger partial charge in [0, 0.05) is 17.7 Å². The first-order valence-corrected chi connectivity index (χ1v) is 9.96. The number of benzene rings is 2. The van der Waals surface area contributed by atoms with E-state index in [1.54, 1.807) is 31.2 Å². The average Bonchev–Trinajstić information content (AvgIpc) is 2.66. The Kier molecular flexibility index (Phi) is 6.65. The summed E-state index contributed by atoms with van der Waals surface area (Å²) < 4.78 is 24.8. The molecule has 138 valence electrons. The van der Waals surface area contributed by atoms with Crippen LogP contribution >= 0.6 is 0 Å². The fourth-order valence-corrected chi connectivity index (χ4v) is 3.69. The molecule has 3 N–H and O–H groups in total. The molecule has 26 heavy (non-hydrogen) atoms. The Morgan fingerprint density at radius 1 is 1.04 bits per heavy atom. The molecule has 1 unspecified atom stereocenters. The van der Waals surface area contributed by atoms with Gasteiger partial charge in [-0.25, -0.2) is 8.42 Å². The first-order chi connectivity index (χ1) is 12.3. The zero-order chi connectivity index (χ0) is 19.2. The number of anilines is 1. The normalized spacial score (nSPS) is 12.4. The van der Waals surface area contributed by atoms with Crippen LogP contribution in [0.1, 0.15) is 30.1 Å². The lowest BCUT2D eigenvalue weighted by Crippen LogP contribution is -2.37. The topological polar surface area (TPSA) is 106 Å². The van der Waals surface area contributed by atoms with E-state index in [0.29, 0.717) is 17.7 Å². The predicted molar refractivity (Wildman–Crippen MR) is 101 cm³/mol. The molecule has 1 atom stereocenters. The molecule has 0 heterocycles. The molecule has 1 amide bonds. The number of nitrogens with two attached hydrogens (primary N) is 1. The maximum atomic E-state index is 12.4. The number of carbonyl (C=O) groups is 2. The summed E-state index contributed by atoms with van der Waals surface area (Å²) in [5.74, 6) is -0.735. The van der Waals surface area contributed by atoms with Crippen molar-refractivity contribution in [1.29, 1.82) is 0 Å². The standard InChI is InChI=1S/C19H22N2O4S/c1-2-18(22)14-8-10-16(11-9-14)26(24,25)13-12-17(20)19(23)21-15-6-4-3-5-7-15/h3-11,17H,2,12-13,20H2,1H3,(H,21,23). The second kappa shape index (κ2) is 8.73. The van der Waals surface area contributed by atoms with Gasteiger partial charge in [0.05, 0.1) is 16.7 Å². The van der Waals surface area contributed by atoms with Crippen LogP contribution in [0.5, 0.6) is 0 Å². The smallest absolute Gasteiger partial charge is 0.241 e. The van der Waals surface area contributed by atoms with Crippen molar-refractivity contribution in [3.63, 3.8) is 0 Å². The molecule has 2 aromatic rings. The van der Waals surface area contributed by atoms with Crippen molar-refractivity contribution < 1.29 is 18.0 Å². The molecule has 0 spiro atoms. The number of Topliss-reactive ketones (excluding diaryl/α,β-unsaturated/α-hetero) is 1. The molecule has 0 aliphatic carbocycles. The third kappa shape index (κ3) is 5.24. The minimum Gasteiger partial charge on any atom is -0.325 e. The lowest BCUT2D eigenvalue weighted by atomic mass is 10.1. The average molecular weight is 374 g/mol. The summed E-state index contributed by atoms with van der Waals surface area (Å²) in [5, 5.41) is 2.65. The van der Waals surface area contributed by atoms with Crippen LogP contribution in [0, 0.1) is 0 Å². The molecule has 2 rings (SSSR count). The molecule has 0 aromatic heterocycles. The maximum Gasteiger partial charge on any atom is 0.241 e. The van der Waals surface area contributed by atoms with Crippen LogP contribution in [-0.4, -0.2) is 31.9 Å². The molecule has 7 heteroatoms. The van der Waals surface area contributed by atoms with Crippen molar-refractivity contribution in [2.24, 2.45) is 5.73 Å². The highest BCUT2D eigenvalue weighted by molar-refractivity contribution is 7.91. The second-order valence-electron chi connectivity index (χ2n) is 5.87. The van der Waals surface area contributed by atoms with Crippen molar-refractivity contribution in [3.8, 4) is 0 Å². The largest absolute Gasteiger partial charge is 0.325 e. The van der Waals surface area contributed by atoms with E-state index in [-0.39, 0.29) is 22.9 Å². The molecule has 0 bridgehead atoms. The highest BCUT2D eigenvalue weighted by Gasteiger charge is 2.20. The van der Waals surface area contributed by atoms with E-state index in [4.69, 9.17) is 5.73 Å². The summed E-state index contributed by atoms with van der Waals surface area (Å²) in [6.07, 6.45) is 0.355. The fraction of sp³-hybridized carbons (Fsp3) is 0.263. The quantitative estimate of drug-likeness (QED) is 0.690. The molecule has 0 radical (unpaired) electrons. The summed E-state index contributed by atoms with van der Waals surface area (Å²) in [6.45, 7) is 1.74. The van der Waals surface area contributed by atoms with Crippen molar-refractivity contribution in [2.75, 3.05) is 11.1 Å². The van der Waals surface area contributed by atoms with Gasteiger partial charge in [0.2, 0.25) is 5.91 Å². The molecule has 0 aliphatic heterocycles. The van der Waals surface area contributed by atoms with Gasteiger partial charge in [-0.05, 0) is 30.7 Å². The molecule has 0 saturated heterocycles. The zero-order valence-corrected chi connectivity index (χ0v) is 15.3. The number of sulfone groups is 1. The summed E-state index contributed by atoms with van der Waals surface area (Å²) in [6, 6.07) is 13.7. The first kappa shape index (κ1) is 19.8. The van der Waals surface area contributed by atoms with E-state index in [1.165, 1.54) is 24.3 Å². The van der Waals surface area contributed by atoms with Gasteiger partial charge in [0.25, 0.3) is 0 Å². The Hall–Kier alpha value is -2.51. The third-order valence-corrected chi connectivity index (χ3v) is 5.70. The Labute approximate surface area is 153 Å². The van der Waals surface area contributed by atoms with Crippen LogP contribution in [0.25, 0.3) is 0 Å². The summed E-state index contributed by atoms with van der Waals surface area (Å²) in [5.41, 5.74) is 6.89. The number of amides is 1.